The van der Waals surface area contributed by atoms with Crippen LogP contribution in [0.5, 0.6) is 0 Å². The molecule has 1 aromatic rings. The van der Waals surface area contributed by atoms with Gasteiger partial charge in [0.1, 0.15) is 0 Å². The normalized spacial score (nSPS) is 24.7. The van der Waals surface area contributed by atoms with E-state index in [4.69, 9.17) is 0 Å². The molecule has 2 heterocycles. The average molecular weight is 329 g/mol. The molecule has 2 saturated carbocycles. The number of likely N-dealkylation sites (tertiary alicyclic amines) is 1. The maximum atomic E-state index is 12.5. The van der Waals surface area contributed by atoms with Gasteiger partial charge in [0.25, 0.3) is 5.91 Å². The summed E-state index contributed by atoms with van der Waals surface area (Å²) >= 11 is 0. The minimum Gasteiger partial charge on any atom is -0.347 e. The SMILES string of the molecule is Cn1cc(C(=O)NC2CCN(C(=O)C3CC4(CC4)C3)C2)ccc1=O. The van der Waals surface area contributed by atoms with E-state index in [9.17, 15) is 14.4 Å². The van der Waals surface area contributed by atoms with Gasteiger partial charge < -0.3 is 14.8 Å². The lowest BCUT2D eigenvalue weighted by molar-refractivity contribution is -0.139. The zero-order valence-corrected chi connectivity index (χ0v) is 14.0. The minimum atomic E-state index is -0.189. The van der Waals surface area contributed by atoms with Crippen molar-refractivity contribution >= 4 is 11.8 Å². The number of hydrogen-bond acceptors (Lipinski definition) is 3. The van der Waals surface area contributed by atoms with Crippen LogP contribution in [0.25, 0.3) is 0 Å². The van der Waals surface area contributed by atoms with Crippen LogP contribution in [0.15, 0.2) is 23.1 Å². The number of amides is 2. The number of pyridine rings is 1. The number of nitrogens with zero attached hydrogens (tertiary/aromatic N) is 2. The Hall–Kier alpha value is -2.11. The molecule has 1 unspecified atom stereocenters. The van der Waals surface area contributed by atoms with Crippen LogP contribution in [0.4, 0.5) is 0 Å². The van der Waals surface area contributed by atoms with Crippen LogP contribution >= 0.6 is 0 Å². The molecule has 3 aliphatic rings. The fraction of sp³-hybridized carbons (Fsp3) is 0.611. The first-order valence-electron chi connectivity index (χ1n) is 8.72. The third-order valence-electron chi connectivity index (χ3n) is 5.85. The van der Waals surface area contributed by atoms with Crippen molar-refractivity contribution in [2.45, 2.75) is 38.1 Å². The standard InChI is InChI=1S/C18H23N3O3/c1-20-10-12(2-3-15(20)22)16(23)19-14-4-7-21(11-14)17(24)13-8-18(9-13)5-6-18/h2-3,10,13-14H,4-9,11H2,1H3,(H,19,23). The van der Waals surface area contributed by atoms with Gasteiger partial charge in [-0.1, -0.05) is 0 Å². The fourth-order valence-electron chi connectivity index (χ4n) is 4.08. The number of aromatic nitrogens is 1. The summed E-state index contributed by atoms with van der Waals surface area (Å²) in [6, 6.07) is 2.93. The Morgan fingerprint density at radius 3 is 2.67 bits per heavy atom. The van der Waals surface area contributed by atoms with E-state index in [0.717, 1.165) is 25.8 Å². The first kappa shape index (κ1) is 15.4. The predicted octanol–water partition coefficient (Wildman–Crippen LogP) is 0.906. The Labute approximate surface area is 140 Å². The monoisotopic (exact) mass is 329 g/mol. The number of rotatable bonds is 3. The third kappa shape index (κ3) is 2.74. The molecule has 1 aliphatic heterocycles. The molecule has 128 valence electrons. The second kappa shape index (κ2) is 5.46. The molecule has 1 atom stereocenters. The van der Waals surface area contributed by atoms with Gasteiger partial charge in [0.15, 0.2) is 0 Å². The lowest BCUT2D eigenvalue weighted by Gasteiger charge is -2.37. The smallest absolute Gasteiger partial charge is 0.253 e. The predicted molar refractivity (Wildman–Crippen MR) is 88.5 cm³/mol. The van der Waals surface area contributed by atoms with E-state index in [1.165, 1.54) is 23.5 Å². The Balaban J connectivity index is 1.31. The van der Waals surface area contributed by atoms with Crippen LogP contribution < -0.4 is 10.9 Å². The van der Waals surface area contributed by atoms with Crippen molar-refractivity contribution in [2.75, 3.05) is 13.1 Å². The quantitative estimate of drug-likeness (QED) is 0.896. The summed E-state index contributed by atoms with van der Waals surface area (Å²) in [6.45, 7) is 1.32. The van der Waals surface area contributed by atoms with Crippen LogP contribution in [-0.2, 0) is 11.8 Å². The molecule has 0 bridgehead atoms. The molecular weight excluding hydrogens is 306 g/mol. The zero-order valence-electron chi connectivity index (χ0n) is 14.0. The molecule has 6 nitrogen and oxygen atoms in total. The van der Waals surface area contributed by atoms with Crippen LogP contribution in [-0.4, -0.2) is 40.4 Å². The van der Waals surface area contributed by atoms with Gasteiger partial charge in [-0.05, 0) is 43.6 Å². The number of nitrogens with one attached hydrogen (secondary N) is 1. The van der Waals surface area contributed by atoms with Crippen LogP contribution in [0.1, 0.15) is 42.5 Å². The molecule has 1 N–H and O–H groups in total. The fourth-order valence-corrected chi connectivity index (χ4v) is 4.08. The summed E-state index contributed by atoms with van der Waals surface area (Å²) in [7, 11) is 1.63. The summed E-state index contributed by atoms with van der Waals surface area (Å²) < 4.78 is 1.39. The van der Waals surface area contributed by atoms with E-state index in [1.54, 1.807) is 19.3 Å². The Kier molecular flexibility index (Phi) is 3.51. The van der Waals surface area contributed by atoms with Crippen molar-refractivity contribution in [3.63, 3.8) is 0 Å². The molecule has 2 aliphatic carbocycles. The van der Waals surface area contributed by atoms with Crippen LogP contribution in [0.2, 0.25) is 0 Å². The summed E-state index contributed by atoms with van der Waals surface area (Å²) in [5.41, 5.74) is 0.867. The molecule has 2 amide bonds. The summed E-state index contributed by atoms with van der Waals surface area (Å²) in [5.74, 6) is 0.294. The van der Waals surface area contributed by atoms with Gasteiger partial charge in [-0.25, -0.2) is 0 Å². The molecule has 1 saturated heterocycles. The largest absolute Gasteiger partial charge is 0.347 e. The molecule has 3 fully saturated rings. The Bertz CT molecular complexity index is 742. The van der Waals surface area contributed by atoms with E-state index >= 15 is 0 Å². The van der Waals surface area contributed by atoms with Crippen molar-refractivity contribution < 1.29 is 9.59 Å². The van der Waals surface area contributed by atoms with Gasteiger partial charge in [0.05, 0.1) is 5.56 Å². The highest BCUT2D eigenvalue weighted by atomic mass is 16.2. The van der Waals surface area contributed by atoms with E-state index in [1.807, 2.05) is 4.90 Å². The van der Waals surface area contributed by atoms with Crippen molar-refractivity contribution in [2.24, 2.45) is 18.4 Å². The average Bonchev–Trinajstić information content (AvgIpc) is 3.20. The summed E-state index contributed by atoms with van der Waals surface area (Å²) in [4.78, 5) is 38.1. The summed E-state index contributed by atoms with van der Waals surface area (Å²) in [6.07, 6.45) is 7.07. The zero-order chi connectivity index (χ0) is 16.9. The van der Waals surface area contributed by atoms with E-state index < -0.39 is 0 Å². The highest BCUT2D eigenvalue weighted by Gasteiger charge is 2.55. The van der Waals surface area contributed by atoms with Crippen LogP contribution in [0, 0.1) is 11.3 Å². The molecule has 1 aromatic heterocycles. The molecule has 1 spiro atoms. The topological polar surface area (TPSA) is 71.4 Å². The van der Waals surface area contributed by atoms with E-state index in [2.05, 4.69) is 5.32 Å². The van der Waals surface area contributed by atoms with E-state index in [0.29, 0.717) is 17.5 Å². The lowest BCUT2D eigenvalue weighted by atomic mass is 9.71. The molecule has 0 aromatic carbocycles. The van der Waals surface area contributed by atoms with Gasteiger partial charge in [0.2, 0.25) is 11.5 Å². The lowest BCUT2D eigenvalue weighted by Crippen LogP contribution is -2.43. The Morgan fingerprint density at radius 2 is 2.00 bits per heavy atom. The maximum absolute atomic E-state index is 12.5. The Morgan fingerprint density at radius 1 is 1.25 bits per heavy atom. The van der Waals surface area contributed by atoms with Crippen molar-refractivity contribution in [3.8, 4) is 0 Å². The van der Waals surface area contributed by atoms with Gasteiger partial charge in [-0.15, -0.1) is 0 Å². The highest BCUT2D eigenvalue weighted by Crippen LogP contribution is 2.63. The molecular formula is C18H23N3O3. The minimum absolute atomic E-state index is 0.00588. The van der Waals surface area contributed by atoms with Gasteiger partial charge in [0, 0.05) is 44.4 Å². The first-order chi connectivity index (χ1) is 11.5. The van der Waals surface area contributed by atoms with E-state index in [-0.39, 0.29) is 29.3 Å². The van der Waals surface area contributed by atoms with Crippen LogP contribution in [0.3, 0.4) is 0 Å². The molecule has 4 rings (SSSR count). The highest BCUT2D eigenvalue weighted by molar-refractivity contribution is 5.94. The third-order valence-corrected chi connectivity index (χ3v) is 5.85. The van der Waals surface area contributed by atoms with Crippen molar-refractivity contribution in [3.05, 3.63) is 34.2 Å². The summed E-state index contributed by atoms with van der Waals surface area (Å²) in [5, 5.41) is 2.98. The second-order valence-corrected chi connectivity index (χ2v) is 7.72. The van der Waals surface area contributed by atoms with Crippen molar-refractivity contribution in [1.29, 1.82) is 0 Å². The van der Waals surface area contributed by atoms with Gasteiger partial charge in [-0.2, -0.15) is 0 Å². The molecule has 0 radical (unpaired) electrons. The molecule has 24 heavy (non-hydrogen) atoms. The number of hydrogen-bond donors (Lipinski definition) is 1. The maximum Gasteiger partial charge on any atom is 0.253 e. The van der Waals surface area contributed by atoms with Gasteiger partial charge in [-0.3, -0.25) is 14.4 Å². The number of carbonyl (C=O) groups is 2. The number of carbonyl (C=O) groups excluding carboxylic acids is 2. The second-order valence-electron chi connectivity index (χ2n) is 7.72. The van der Waals surface area contributed by atoms with Crippen molar-refractivity contribution in [1.82, 2.24) is 14.8 Å². The van der Waals surface area contributed by atoms with Gasteiger partial charge >= 0.3 is 0 Å². The number of aryl methyl sites for hydroxylation is 1. The first-order valence-corrected chi connectivity index (χ1v) is 8.72. The molecule has 6 heteroatoms.